The number of anilines is 1. The van der Waals surface area contributed by atoms with Gasteiger partial charge in [0.25, 0.3) is 0 Å². The number of hydrogen-bond donors (Lipinski definition) is 3. The first-order valence-electron chi connectivity index (χ1n) is 14.7. The van der Waals surface area contributed by atoms with Crippen LogP contribution < -0.4 is 15.4 Å². The molecule has 3 aliphatic heterocycles. The average Bonchev–Trinajstić information content (AvgIpc) is 3.58. The number of aliphatic hydroxyl groups excluding tert-OH is 1. The number of rotatable bonds is 11. The summed E-state index contributed by atoms with van der Waals surface area (Å²) in [5.41, 5.74) is -0.484. The molecule has 9 nitrogen and oxygen atoms in total. The normalized spacial score (nSPS) is 29.0. The van der Waals surface area contributed by atoms with E-state index >= 15 is 0 Å². The van der Waals surface area contributed by atoms with E-state index in [2.05, 4.69) is 10.6 Å². The van der Waals surface area contributed by atoms with Crippen molar-refractivity contribution in [1.29, 1.82) is 0 Å². The van der Waals surface area contributed by atoms with Crippen molar-refractivity contribution in [3.8, 4) is 5.75 Å². The largest absolute Gasteiger partial charge is 0.494 e. The standard InChI is InChI=1S/C32H41N3O6/c1-5-31-16-17-32(41-31)26(25(31)28(37)34-22-12-14-23(15-13-22)40-6-2)30(39)35(24(19-36)20(3)4)27(32)29(38)33-18-21-10-8-7-9-11-21/h7-15,20,24-27,36H,5-6,16-19H2,1-4H3,(H,33,38)(H,34,37)/t24-,25+,26-,27?,31-,32?/m0/s1. The van der Waals surface area contributed by atoms with E-state index in [1.165, 1.54) is 4.90 Å². The number of aliphatic hydroxyl groups is 1. The number of amides is 3. The Morgan fingerprint density at radius 2 is 1.78 bits per heavy atom. The Morgan fingerprint density at radius 1 is 1.07 bits per heavy atom. The molecule has 3 N–H and O–H groups in total. The van der Waals surface area contributed by atoms with E-state index < -0.39 is 35.1 Å². The van der Waals surface area contributed by atoms with Crippen LogP contribution in [0.4, 0.5) is 5.69 Å². The van der Waals surface area contributed by atoms with Gasteiger partial charge in [-0.15, -0.1) is 0 Å². The molecule has 6 atom stereocenters. The summed E-state index contributed by atoms with van der Waals surface area (Å²) in [4.78, 5) is 43.9. The Balaban J connectivity index is 1.49. The summed E-state index contributed by atoms with van der Waals surface area (Å²) in [6.45, 7) is 8.25. The van der Waals surface area contributed by atoms with Crippen LogP contribution in [-0.2, 0) is 25.7 Å². The van der Waals surface area contributed by atoms with E-state index in [0.717, 1.165) is 5.56 Å². The highest BCUT2D eigenvalue weighted by Gasteiger charge is 2.79. The predicted molar refractivity (Wildman–Crippen MR) is 154 cm³/mol. The number of nitrogens with zero attached hydrogens (tertiary/aromatic N) is 1. The molecule has 2 aromatic rings. The van der Waals surface area contributed by atoms with Gasteiger partial charge in [0.05, 0.1) is 36.7 Å². The van der Waals surface area contributed by atoms with E-state index in [1.807, 2.05) is 58.0 Å². The van der Waals surface area contributed by atoms with Gasteiger partial charge in [-0.1, -0.05) is 51.1 Å². The fourth-order valence-corrected chi connectivity index (χ4v) is 7.23. The summed E-state index contributed by atoms with van der Waals surface area (Å²) in [6.07, 6.45) is 1.59. The maximum atomic E-state index is 14.4. The Hall–Kier alpha value is -3.43. The lowest BCUT2D eigenvalue weighted by Gasteiger charge is -2.38. The number of carbonyl (C=O) groups is 3. The fraction of sp³-hybridized carbons (Fsp3) is 0.531. The lowest BCUT2D eigenvalue weighted by atomic mass is 9.65. The van der Waals surface area contributed by atoms with Gasteiger partial charge in [0, 0.05) is 12.2 Å². The van der Waals surface area contributed by atoms with E-state index in [0.29, 0.717) is 43.9 Å². The Bertz CT molecular complexity index is 1270. The molecule has 41 heavy (non-hydrogen) atoms. The van der Waals surface area contributed by atoms with Gasteiger partial charge < -0.3 is 30.1 Å². The Kier molecular flexibility index (Phi) is 8.12. The highest BCUT2D eigenvalue weighted by Crippen LogP contribution is 2.64. The van der Waals surface area contributed by atoms with Crippen LogP contribution in [0.15, 0.2) is 54.6 Å². The monoisotopic (exact) mass is 563 g/mol. The minimum absolute atomic E-state index is 0.114. The molecule has 0 aromatic heterocycles. The molecule has 3 saturated heterocycles. The van der Waals surface area contributed by atoms with Gasteiger partial charge >= 0.3 is 0 Å². The van der Waals surface area contributed by atoms with E-state index in [1.54, 1.807) is 24.3 Å². The molecule has 9 heteroatoms. The lowest BCUT2D eigenvalue weighted by molar-refractivity contribution is -0.151. The summed E-state index contributed by atoms with van der Waals surface area (Å²) >= 11 is 0. The number of benzene rings is 2. The van der Waals surface area contributed by atoms with Crippen molar-refractivity contribution in [2.24, 2.45) is 17.8 Å². The quantitative estimate of drug-likeness (QED) is 0.385. The summed E-state index contributed by atoms with van der Waals surface area (Å²) < 4.78 is 12.3. The highest BCUT2D eigenvalue weighted by molar-refractivity contribution is 6.02. The summed E-state index contributed by atoms with van der Waals surface area (Å²) in [6, 6.07) is 15.1. The molecule has 220 valence electrons. The van der Waals surface area contributed by atoms with Crippen LogP contribution in [0.5, 0.6) is 5.75 Å². The van der Waals surface area contributed by atoms with Gasteiger partial charge in [-0.3, -0.25) is 14.4 Å². The number of fused-ring (bicyclic) bond motifs is 1. The zero-order valence-corrected chi connectivity index (χ0v) is 24.3. The molecule has 1 spiro atoms. The van der Waals surface area contributed by atoms with Crippen LogP contribution in [0.2, 0.25) is 0 Å². The third-order valence-electron chi connectivity index (χ3n) is 9.21. The number of likely N-dealkylation sites (tertiary alicyclic amines) is 1. The van der Waals surface area contributed by atoms with E-state index in [4.69, 9.17) is 9.47 Å². The van der Waals surface area contributed by atoms with Gasteiger partial charge in [0.1, 0.15) is 17.4 Å². The third-order valence-corrected chi connectivity index (χ3v) is 9.21. The molecule has 2 aromatic carbocycles. The Morgan fingerprint density at radius 3 is 2.39 bits per heavy atom. The lowest BCUT2D eigenvalue weighted by Crippen LogP contribution is -2.58. The van der Waals surface area contributed by atoms with Gasteiger partial charge in [-0.05, 0) is 61.9 Å². The van der Waals surface area contributed by atoms with Crippen molar-refractivity contribution in [3.63, 3.8) is 0 Å². The molecule has 0 aliphatic carbocycles. The number of nitrogens with one attached hydrogen (secondary N) is 2. The van der Waals surface area contributed by atoms with Crippen molar-refractivity contribution >= 4 is 23.4 Å². The maximum Gasteiger partial charge on any atom is 0.246 e. The van der Waals surface area contributed by atoms with Crippen molar-refractivity contribution in [3.05, 3.63) is 60.2 Å². The molecule has 2 unspecified atom stereocenters. The topological polar surface area (TPSA) is 117 Å². The van der Waals surface area contributed by atoms with Crippen LogP contribution in [0.3, 0.4) is 0 Å². The molecular formula is C32H41N3O6. The molecule has 0 radical (unpaired) electrons. The number of carbonyl (C=O) groups excluding carboxylic acids is 3. The minimum Gasteiger partial charge on any atom is -0.494 e. The molecule has 3 amide bonds. The van der Waals surface area contributed by atoms with Crippen molar-refractivity contribution < 1.29 is 29.0 Å². The highest BCUT2D eigenvalue weighted by atomic mass is 16.5. The first kappa shape index (κ1) is 29.1. The second kappa shape index (κ2) is 11.4. The SMILES string of the molecule is CCOc1ccc(NC(=O)[C@H]2[C@H]3C(=O)N([C@@H](CO)C(C)C)C(C(=O)NCc4ccccc4)C34CC[C@]2(CC)O4)cc1. The van der Waals surface area contributed by atoms with Crippen LogP contribution in [0, 0.1) is 17.8 Å². The Labute approximate surface area is 241 Å². The smallest absolute Gasteiger partial charge is 0.246 e. The molecule has 5 rings (SSSR count). The summed E-state index contributed by atoms with van der Waals surface area (Å²) in [5.74, 6) is -1.96. The molecule has 3 heterocycles. The molecule has 0 saturated carbocycles. The summed E-state index contributed by atoms with van der Waals surface area (Å²) in [7, 11) is 0. The number of hydrogen-bond acceptors (Lipinski definition) is 6. The summed E-state index contributed by atoms with van der Waals surface area (Å²) in [5, 5.41) is 16.4. The average molecular weight is 564 g/mol. The minimum atomic E-state index is -1.16. The first-order chi connectivity index (χ1) is 19.7. The van der Waals surface area contributed by atoms with Crippen molar-refractivity contribution in [2.75, 3.05) is 18.5 Å². The zero-order chi connectivity index (χ0) is 29.4. The van der Waals surface area contributed by atoms with Crippen LogP contribution >= 0.6 is 0 Å². The predicted octanol–water partition coefficient (Wildman–Crippen LogP) is 3.51. The van der Waals surface area contributed by atoms with Crippen molar-refractivity contribution in [1.82, 2.24) is 10.2 Å². The van der Waals surface area contributed by atoms with E-state index in [-0.39, 0.29) is 30.2 Å². The maximum absolute atomic E-state index is 14.4. The van der Waals surface area contributed by atoms with Gasteiger partial charge in [-0.25, -0.2) is 0 Å². The van der Waals surface area contributed by atoms with Crippen LogP contribution in [0.1, 0.15) is 52.5 Å². The first-order valence-corrected chi connectivity index (χ1v) is 14.7. The fourth-order valence-electron chi connectivity index (χ4n) is 7.23. The van der Waals surface area contributed by atoms with E-state index in [9.17, 15) is 19.5 Å². The number of ether oxygens (including phenoxy) is 2. The molecule has 2 bridgehead atoms. The van der Waals surface area contributed by atoms with Gasteiger partial charge in [0.2, 0.25) is 17.7 Å². The van der Waals surface area contributed by atoms with Gasteiger partial charge in [-0.2, -0.15) is 0 Å². The van der Waals surface area contributed by atoms with Crippen molar-refractivity contribution in [2.45, 2.75) is 76.8 Å². The van der Waals surface area contributed by atoms with Crippen LogP contribution in [0.25, 0.3) is 0 Å². The molecule has 3 aliphatic rings. The van der Waals surface area contributed by atoms with Gasteiger partial charge in [0.15, 0.2) is 0 Å². The van der Waals surface area contributed by atoms with Crippen LogP contribution in [-0.4, -0.2) is 64.2 Å². The third kappa shape index (κ3) is 4.89. The second-order valence-corrected chi connectivity index (χ2v) is 11.7. The molecular weight excluding hydrogens is 522 g/mol. The molecule has 3 fully saturated rings. The zero-order valence-electron chi connectivity index (χ0n) is 24.3. The second-order valence-electron chi connectivity index (χ2n) is 11.7.